The van der Waals surface area contributed by atoms with E-state index in [4.69, 9.17) is 14.2 Å². The second kappa shape index (κ2) is 53.5. The van der Waals surface area contributed by atoms with Crippen molar-refractivity contribution < 1.29 is 28.6 Å². The summed E-state index contributed by atoms with van der Waals surface area (Å²) in [5.41, 5.74) is 0. The lowest BCUT2D eigenvalue weighted by molar-refractivity contribution is -0.167. The molecule has 0 fully saturated rings. The number of ether oxygens (including phenoxy) is 3. The summed E-state index contributed by atoms with van der Waals surface area (Å²) in [6, 6.07) is 0. The Bertz CT molecular complexity index is 1230. The number of esters is 3. The van der Waals surface area contributed by atoms with Crippen molar-refractivity contribution in [3.8, 4) is 0 Å². The van der Waals surface area contributed by atoms with E-state index in [0.717, 1.165) is 96.3 Å². The van der Waals surface area contributed by atoms with Crippen LogP contribution in [0.3, 0.4) is 0 Å². The van der Waals surface area contributed by atoms with Gasteiger partial charge in [-0.25, -0.2) is 0 Å². The number of unbranched alkanes of at least 4 members (excludes halogenated alkanes) is 30. The van der Waals surface area contributed by atoms with Gasteiger partial charge in [0.25, 0.3) is 0 Å². The largest absolute Gasteiger partial charge is 0.462 e. The van der Waals surface area contributed by atoms with E-state index in [1.54, 1.807) is 0 Å². The topological polar surface area (TPSA) is 78.9 Å². The van der Waals surface area contributed by atoms with Gasteiger partial charge in [0.15, 0.2) is 6.10 Å². The van der Waals surface area contributed by atoms with Gasteiger partial charge in [-0.2, -0.15) is 0 Å². The minimum atomic E-state index is -0.789. The van der Waals surface area contributed by atoms with Crippen molar-refractivity contribution in [1.82, 2.24) is 0 Å². The molecule has 0 saturated heterocycles. The summed E-state index contributed by atoms with van der Waals surface area (Å²) in [4.78, 5) is 38.1. The first kappa shape index (κ1) is 61.9. The molecule has 0 aromatic carbocycles. The Kier molecular flexibility index (Phi) is 50.9. The van der Waals surface area contributed by atoms with Crippen molar-refractivity contribution >= 4 is 17.9 Å². The maximum atomic E-state index is 12.8. The monoisotopic (exact) mass is 907 g/mol. The molecule has 0 N–H and O–H groups in total. The molecule has 0 aromatic heterocycles. The molecular formula is C59H102O6. The van der Waals surface area contributed by atoms with Crippen LogP contribution in [0.5, 0.6) is 0 Å². The number of hydrogen-bond acceptors (Lipinski definition) is 6. The zero-order valence-corrected chi connectivity index (χ0v) is 42.7. The fourth-order valence-corrected chi connectivity index (χ4v) is 7.74. The number of carbonyl (C=O) groups is 3. The number of carbonyl (C=O) groups excluding carboxylic acids is 3. The van der Waals surface area contributed by atoms with Crippen LogP contribution in [0.15, 0.2) is 72.9 Å². The molecule has 0 rings (SSSR count). The van der Waals surface area contributed by atoms with Gasteiger partial charge in [0.05, 0.1) is 0 Å². The maximum Gasteiger partial charge on any atom is 0.306 e. The fourth-order valence-electron chi connectivity index (χ4n) is 7.74. The first-order valence-corrected chi connectivity index (χ1v) is 27.5. The molecular weight excluding hydrogens is 805 g/mol. The molecule has 0 radical (unpaired) electrons. The minimum absolute atomic E-state index is 0.0853. The summed E-state index contributed by atoms with van der Waals surface area (Å²) >= 11 is 0. The van der Waals surface area contributed by atoms with Gasteiger partial charge in [0.1, 0.15) is 13.2 Å². The van der Waals surface area contributed by atoms with Crippen molar-refractivity contribution in [2.24, 2.45) is 0 Å². The summed E-state index contributed by atoms with van der Waals surface area (Å²) in [7, 11) is 0. The highest BCUT2D eigenvalue weighted by Crippen LogP contribution is 2.16. The van der Waals surface area contributed by atoms with Crippen molar-refractivity contribution in [2.75, 3.05) is 13.2 Å². The Balaban J connectivity index is 4.36. The molecule has 0 saturated carbocycles. The molecule has 1 atom stereocenters. The van der Waals surface area contributed by atoms with E-state index >= 15 is 0 Å². The summed E-state index contributed by atoms with van der Waals surface area (Å²) in [6.45, 7) is 6.37. The van der Waals surface area contributed by atoms with Crippen LogP contribution in [0, 0.1) is 0 Å². The van der Waals surface area contributed by atoms with Crippen LogP contribution < -0.4 is 0 Å². The van der Waals surface area contributed by atoms with Crippen molar-refractivity contribution in [1.29, 1.82) is 0 Å². The van der Waals surface area contributed by atoms with Crippen LogP contribution in [0.25, 0.3) is 0 Å². The highest BCUT2D eigenvalue weighted by molar-refractivity contribution is 5.71. The highest BCUT2D eigenvalue weighted by Gasteiger charge is 2.19. The summed E-state index contributed by atoms with van der Waals surface area (Å²) in [5, 5.41) is 0. The Morgan fingerprint density at radius 1 is 0.323 bits per heavy atom. The molecule has 0 spiro atoms. The molecule has 1 unspecified atom stereocenters. The van der Waals surface area contributed by atoms with E-state index in [9.17, 15) is 14.4 Å². The van der Waals surface area contributed by atoms with Gasteiger partial charge in [-0.1, -0.05) is 261 Å². The molecule has 0 aliphatic rings. The molecule has 0 aliphatic heterocycles. The quantitative estimate of drug-likeness (QED) is 0.0262. The summed E-state index contributed by atoms with van der Waals surface area (Å²) in [6.07, 6.45) is 67.5. The zero-order chi connectivity index (χ0) is 47.2. The first-order chi connectivity index (χ1) is 32.0. The van der Waals surface area contributed by atoms with Gasteiger partial charge in [0.2, 0.25) is 0 Å². The van der Waals surface area contributed by atoms with Crippen LogP contribution >= 0.6 is 0 Å². The maximum absolute atomic E-state index is 12.8. The summed E-state index contributed by atoms with van der Waals surface area (Å²) in [5.74, 6) is -0.912. The Morgan fingerprint density at radius 2 is 0.600 bits per heavy atom. The Morgan fingerprint density at radius 3 is 0.923 bits per heavy atom. The fraction of sp³-hybridized carbons (Fsp3) is 0.746. The third-order valence-corrected chi connectivity index (χ3v) is 11.8. The van der Waals surface area contributed by atoms with Crippen molar-refractivity contribution in [3.05, 3.63) is 72.9 Å². The molecule has 65 heavy (non-hydrogen) atoms. The molecule has 0 aliphatic carbocycles. The number of hydrogen-bond donors (Lipinski definition) is 0. The molecule has 0 heterocycles. The third kappa shape index (κ3) is 51.7. The second-order valence-electron chi connectivity index (χ2n) is 18.2. The lowest BCUT2D eigenvalue weighted by Crippen LogP contribution is -2.30. The Hall–Kier alpha value is -3.15. The van der Waals surface area contributed by atoms with Crippen LogP contribution in [-0.4, -0.2) is 37.2 Å². The Labute approximate surface area is 402 Å². The molecule has 6 nitrogen and oxygen atoms in total. The SMILES string of the molecule is CC/C=C/C=C/C=C/CCCCCCCCCC(=O)OC(COC(=O)CCCCCCC/C=C/C=C/C=C/CC)COC(=O)CCCCCCCCCCCCCCCCCCCCC. The average Bonchev–Trinajstić information content (AvgIpc) is 3.30. The number of rotatable bonds is 49. The lowest BCUT2D eigenvalue weighted by atomic mass is 10.0. The van der Waals surface area contributed by atoms with Crippen molar-refractivity contribution in [2.45, 2.75) is 271 Å². The molecule has 374 valence electrons. The van der Waals surface area contributed by atoms with Gasteiger partial charge in [-0.15, -0.1) is 0 Å². The van der Waals surface area contributed by atoms with Crippen LogP contribution in [0.2, 0.25) is 0 Å². The van der Waals surface area contributed by atoms with Crippen LogP contribution in [0.1, 0.15) is 265 Å². The zero-order valence-electron chi connectivity index (χ0n) is 42.7. The lowest BCUT2D eigenvalue weighted by Gasteiger charge is -2.18. The molecule has 6 heteroatoms. The average molecular weight is 907 g/mol. The van der Waals surface area contributed by atoms with E-state index in [0.29, 0.717) is 19.3 Å². The van der Waals surface area contributed by atoms with Gasteiger partial charge < -0.3 is 14.2 Å². The van der Waals surface area contributed by atoms with Gasteiger partial charge in [-0.05, 0) is 57.8 Å². The normalized spacial score (nSPS) is 12.6. The predicted molar refractivity (Wildman–Crippen MR) is 279 cm³/mol. The van der Waals surface area contributed by atoms with Gasteiger partial charge in [-0.3, -0.25) is 14.4 Å². The standard InChI is InChI=1S/C59H102O6/c1-4-7-10-13-16-19-22-25-27-28-29-30-32-34-37-40-43-46-49-52-58(61)64-55-56(54-63-57(60)51-48-45-42-39-36-33-24-21-18-15-12-9-6-3)65-59(62)53-50-47-44-41-38-35-31-26-23-20-17-14-11-8-5-2/h8-9,11-12,14-15,17-18,20-21,23-24,56H,4-7,10,13,16,19,22,25-55H2,1-3H3/b11-8+,12-9+,17-14+,18-15+,23-20+,24-21+. The van der Waals surface area contributed by atoms with Crippen molar-refractivity contribution in [3.63, 3.8) is 0 Å². The van der Waals surface area contributed by atoms with E-state index < -0.39 is 6.10 Å². The van der Waals surface area contributed by atoms with Gasteiger partial charge in [0, 0.05) is 19.3 Å². The van der Waals surface area contributed by atoms with Crippen LogP contribution in [-0.2, 0) is 28.6 Å². The third-order valence-electron chi connectivity index (χ3n) is 11.8. The number of allylic oxidation sites excluding steroid dienone is 12. The van der Waals surface area contributed by atoms with Crippen LogP contribution in [0.4, 0.5) is 0 Å². The smallest absolute Gasteiger partial charge is 0.306 e. The minimum Gasteiger partial charge on any atom is -0.462 e. The van der Waals surface area contributed by atoms with E-state index in [2.05, 4.69) is 93.7 Å². The molecule has 0 bridgehead atoms. The predicted octanol–water partition coefficient (Wildman–Crippen LogP) is 18.2. The van der Waals surface area contributed by atoms with E-state index in [1.807, 2.05) is 0 Å². The second-order valence-corrected chi connectivity index (χ2v) is 18.2. The summed E-state index contributed by atoms with van der Waals surface area (Å²) < 4.78 is 16.8. The van der Waals surface area contributed by atoms with E-state index in [-0.39, 0.29) is 31.1 Å². The van der Waals surface area contributed by atoms with Gasteiger partial charge >= 0.3 is 17.9 Å². The van der Waals surface area contributed by atoms with E-state index in [1.165, 1.54) is 128 Å². The molecule has 0 aromatic rings. The molecule has 0 amide bonds. The first-order valence-electron chi connectivity index (χ1n) is 27.5. The highest BCUT2D eigenvalue weighted by atomic mass is 16.6.